The highest BCUT2D eigenvalue weighted by Gasteiger charge is 2.29. The molecule has 1 atom stereocenters. The van der Waals surface area contributed by atoms with Crippen molar-refractivity contribution in [3.05, 3.63) is 54.6 Å². The molecule has 0 bridgehead atoms. The Morgan fingerprint density at radius 2 is 1.79 bits per heavy atom. The number of amides is 2. The Morgan fingerprint density at radius 3 is 2.45 bits per heavy atom. The van der Waals surface area contributed by atoms with E-state index in [9.17, 15) is 22.8 Å². The summed E-state index contributed by atoms with van der Waals surface area (Å²) in [5.74, 6) is -1.71. The molecule has 0 radical (unpaired) electrons. The summed E-state index contributed by atoms with van der Waals surface area (Å²) in [6, 6.07) is 14.4. The number of sulfonamides is 1. The lowest BCUT2D eigenvalue weighted by Gasteiger charge is -2.23. The predicted molar refractivity (Wildman–Crippen MR) is 122 cm³/mol. The van der Waals surface area contributed by atoms with E-state index in [0.29, 0.717) is 5.69 Å². The summed E-state index contributed by atoms with van der Waals surface area (Å²) in [5.41, 5.74) is 0.782. The Bertz CT molecular complexity index is 1190. The number of hydrogen-bond acceptors (Lipinski definition) is 7. The molecule has 0 aliphatic carbocycles. The van der Waals surface area contributed by atoms with Crippen LogP contribution in [0.5, 0.6) is 0 Å². The molecule has 1 aliphatic heterocycles. The molecule has 0 spiro atoms. The number of anilines is 2. The summed E-state index contributed by atoms with van der Waals surface area (Å²) >= 11 is 0. The first-order chi connectivity index (χ1) is 15.6. The molecule has 174 valence electrons. The third-order valence-electron chi connectivity index (χ3n) is 4.80. The Kier molecular flexibility index (Phi) is 7.24. The number of carbonyl (C=O) groups excluding carboxylic acids is 3. The second-order valence-electron chi connectivity index (χ2n) is 7.44. The lowest BCUT2D eigenvalue weighted by Crippen LogP contribution is -2.37. The fraction of sp³-hybridized carbons (Fsp3) is 0.273. The van der Waals surface area contributed by atoms with Crippen LogP contribution in [-0.2, 0) is 29.1 Å². The van der Waals surface area contributed by atoms with Crippen molar-refractivity contribution in [3.63, 3.8) is 0 Å². The van der Waals surface area contributed by atoms with Gasteiger partial charge in [-0.3, -0.25) is 9.59 Å². The van der Waals surface area contributed by atoms with Crippen LogP contribution in [0.1, 0.15) is 19.8 Å². The molecule has 1 N–H and O–H groups in total. The zero-order valence-electron chi connectivity index (χ0n) is 18.4. The lowest BCUT2D eigenvalue weighted by atomic mass is 10.1. The molecule has 2 aromatic carbocycles. The van der Waals surface area contributed by atoms with E-state index in [1.807, 2.05) is 0 Å². The van der Waals surface area contributed by atoms with Crippen molar-refractivity contribution < 1.29 is 27.5 Å². The molecule has 10 nitrogen and oxygen atoms in total. The number of hydrogen-bond donors (Lipinski definition) is 1. The van der Waals surface area contributed by atoms with Crippen molar-refractivity contribution >= 4 is 44.9 Å². The van der Waals surface area contributed by atoms with E-state index >= 15 is 0 Å². The molecule has 0 saturated carbocycles. The number of nitrogens with one attached hydrogen (secondary N) is 1. The van der Waals surface area contributed by atoms with E-state index in [1.165, 1.54) is 45.3 Å². The molecule has 11 heteroatoms. The van der Waals surface area contributed by atoms with Gasteiger partial charge in [-0.05, 0) is 37.3 Å². The summed E-state index contributed by atoms with van der Waals surface area (Å²) in [7, 11) is -0.862. The minimum atomic E-state index is -3.67. The number of carbonyl (C=O) groups is 3. The van der Waals surface area contributed by atoms with Gasteiger partial charge in [-0.15, -0.1) is 0 Å². The van der Waals surface area contributed by atoms with Crippen molar-refractivity contribution in [1.82, 2.24) is 4.31 Å². The number of benzene rings is 2. The Labute approximate surface area is 191 Å². The zero-order chi connectivity index (χ0) is 24.2. The van der Waals surface area contributed by atoms with Crippen molar-refractivity contribution in [3.8, 4) is 0 Å². The molecule has 0 unspecified atom stereocenters. The van der Waals surface area contributed by atoms with Crippen LogP contribution in [0.2, 0.25) is 0 Å². The lowest BCUT2D eigenvalue weighted by molar-refractivity contribution is -0.146. The molecular weight excluding hydrogens is 448 g/mol. The standard InChI is InChI=1S/C22H24N4O6S/c1-15(21(28)23-16-8-7-11-18(14-16)33(30,31)25(2)3)32-22(29)19-12-13-20(27)26(24-19)17-9-5-4-6-10-17/h4-11,14-15H,12-13H2,1-3H3,(H,23,28)/t15-/m0/s1. The zero-order valence-corrected chi connectivity index (χ0v) is 19.2. The number of hydrazone groups is 1. The fourth-order valence-corrected chi connectivity index (χ4v) is 3.89. The van der Waals surface area contributed by atoms with Crippen LogP contribution >= 0.6 is 0 Å². The van der Waals surface area contributed by atoms with Crippen LogP contribution in [-0.4, -0.2) is 56.4 Å². The van der Waals surface area contributed by atoms with Crippen LogP contribution in [0, 0.1) is 0 Å². The minimum Gasteiger partial charge on any atom is -0.448 e. The summed E-state index contributed by atoms with van der Waals surface area (Å²) in [6.07, 6.45) is -1.01. The summed E-state index contributed by atoms with van der Waals surface area (Å²) in [5, 5.41) is 7.79. The predicted octanol–water partition coefficient (Wildman–Crippen LogP) is 1.99. The van der Waals surface area contributed by atoms with E-state index in [0.717, 1.165) is 9.31 Å². The quantitative estimate of drug-likeness (QED) is 0.615. The van der Waals surface area contributed by atoms with Gasteiger partial charge < -0.3 is 10.1 Å². The van der Waals surface area contributed by atoms with Gasteiger partial charge in [-0.1, -0.05) is 24.3 Å². The smallest absolute Gasteiger partial charge is 0.355 e. The molecule has 1 aliphatic rings. The van der Waals surface area contributed by atoms with Gasteiger partial charge in [-0.25, -0.2) is 22.5 Å². The molecule has 0 aromatic heterocycles. The van der Waals surface area contributed by atoms with Gasteiger partial charge in [-0.2, -0.15) is 5.10 Å². The molecule has 0 fully saturated rings. The van der Waals surface area contributed by atoms with Crippen molar-refractivity contribution in [2.24, 2.45) is 5.10 Å². The molecule has 2 amide bonds. The largest absolute Gasteiger partial charge is 0.448 e. The number of nitrogens with zero attached hydrogens (tertiary/aromatic N) is 3. The van der Waals surface area contributed by atoms with E-state index in [1.54, 1.807) is 30.3 Å². The van der Waals surface area contributed by atoms with Gasteiger partial charge >= 0.3 is 5.97 Å². The van der Waals surface area contributed by atoms with Gasteiger partial charge in [0, 0.05) is 32.6 Å². The minimum absolute atomic E-state index is 0.0113. The topological polar surface area (TPSA) is 125 Å². The SMILES string of the molecule is C[C@H](OC(=O)C1=NN(c2ccccc2)C(=O)CC1)C(=O)Nc1cccc(S(=O)(=O)N(C)C)c1. The number of ether oxygens (including phenoxy) is 1. The first-order valence-corrected chi connectivity index (χ1v) is 11.5. The first kappa shape index (κ1) is 24.1. The van der Waals surface area contributed by atoms with Crippen molar-refractivity contribution in [1.29, 1.82) is 0 Å². The van der Waals surface area contributed by atoms with Crippen LogP contribution in [0.4, 0.5) is 11.4 Å². The molecule has 33 heavy (non-hydrogen) atoms. The van der Waals surface area contributed by atoms with Crippen molar-refractivity contribution in [2.45, 2.75) is 30.8 Å². The van der Waals surface area contributed by atoms with E-state index in [4.69, 9.17) is 4.74 Å². The summed E-state index contributed by atoms with van der Waals surface area (Å²) < 4.78 is 30.9. The second-order valence-corrected chi connectivity index (χ2v) is 9.59. The maximum absolute atomic E-state index is 12.6. The summed E-state index contributed by atoms with van der Waals surface area (Å²) in [4.78, 5) is 37.3. The third-order valence-corrected chi connectivity index (χ3v) is 6.61. The monoisotopic (exact) mass is 472 g/mol. The molecular formula is C22H24N4O6S. The fourth-order valence-electron chi connectivity index (χ4n) is 2.94. The highest BCUT2D eigenvalue weighted by atomic mass is 32.2. The van der Waals surface area contributed by atoms with Gasteiger partial charge in [0.1, 0.15) is 5.71 Å². The van der Waals surface area contributed by atoms with Crippen LogP contribution in [0.25, 0.3) is 0 Å². The van der Waals surface area contributed by atoms with Gasteiger partial charge in [0.05, 0.1) is 10.6 Å². The molecule has 1 heterocycles. The van der Waals surface area contributed by atoms with E-state index in [2.05, 4.69) is 10.4 Å². The maximum atomic E-state index is 12.6. The molecule has 3 rings (SSSR count). The van der Waals surface area contributed by atoms with Gasteiger partial charge in [0.2, 0.25) is 15.9 Å². The Hall–Kier alpha value is -3.57. The Balaban J connectivity index is 1.68. The Morgan fingerprint density at radius 1 is 1.09 bits per heavy atom. The van der Waals surface area contributed by atoms with E-state index < -0.39 is 28.0 Å². The van der Waals surface area contributed by atoms with Crippen LogP contribution in [0.15, 0.2) is 64.6 Å². The third kappa shape index (κ3) is 5.62. The summed E-state index contributed by atoms with van der Waals surface area (Å²) in [6.45, 7) is 1.39. The van der Waals surface area contributed by atoms with E-state index in [-0.39, 0.29) is 35.0 Å². The number of rotatable bonds is 7. The van der Waals surface area contributed by atoms with Crippen LogP contribution < -0.4 is 10.3 Å². The second kappa shape index (κ2) is 9.92. The normalized spacial score (nSPS) is 15.1. The van der Waals surface area contributed by atoms with Crippen LogP contribution in [0.3, 0.4) is 0 Å². The molecule has 2 aromatic rings. The number of esters is 1. The maximum Gasteiger partial charge on any atom is 0.355 e. The number of para-hydroxylation sites is 1. The molecule has 0 saturated heterocycles. The average molecular weight is 473 g/mol. The highest BCUT2D eigenvalue weighted by Crippen LogP contribution is 2.21. The highest BCUT2D eigenvalue weighted by molar-refractivity contribution is 7.89. The average Bonchev–Trinajstić information content (AvgIpc) is 2.79. The first-order valence-electron chi connectivity index (χ1n) is 10.1. The van der Waals surface area contributed by atoms with Gasteiger partial charge in [0.25, 0.3) is 5.91 Å². The van der Waals surface area contributed by atoms with Gasteiger partial charge in [0.15, 0.2) is 6.10 Å². The van der Waals surface area contributed by atoms with Crippen molar-refractivity contribution in [2.75, 3.05) is 24.4 Å².